The molecular formula is C25H22N4O2S. The van der Waals surface area contributed by atoms with Crippen molar-refractivity contribution in [3.8, 4) is 22.8 Å². The number of furan rings is 1. The molecule has 6 nitrogen and oxygen atoms in total. The van der Waals surface area contributed by atoms with Gasteiger partial charge in [-0.3, -0.25) is 4.57 Å². The largest absolute Gasteiger partial charge is 0.467 e. The molecule has 0 spiro atoms. The quantitative estimate of drug-likeness (QED) is 0.282. The second-order valence-corrected chi connectivity index (χ2v) is 8.41. The minimum atomic E-state index is 0.555. The van der Waals surface area contributed by atoms with Crippen molar-refractivity contribution in [2.24, 2.45) is 0 Å². The summed E-state index contributed by atoms with van der Waals surface area (Å²) in [5.74, 6) is 3.75. The van der Waals surface area contributed by atoms with Gasteiger partial charge < -0.3 is 8.83 Å². The highest BCUT2D eigenvalue weighted by molar-refractivity contribution is 7.98. The molecule has 5 rings (SSSR count). The van der Waals surface area contributed by atoms with Gasteiger partial charge in [0.25, 0.3) is 0 Å². The molecule has 3 aromatic heterocycles. The molecule has 32 heavy (non-hydrogen) atoms. The number of rotatable bonds is 7. The van der Waals surface area contributed by atoms with Gasteiger partial charge in [-0.15, -0.1) is 10.2 Å². The number of aryl methyl sites for hydroxylation is 2. The molecule has 0 N–H and O–H groups in total. The molecule has 0 saturated heterocycles. The molecule has 0 unspecified atom stereocenters. The molecule has 0 aliphatic carbocycles. The lowest BCUT2D eigenvalue weighted by molar-refractivity contribution is 0.485. The fourth-order valence-corrected chi connectivity index (χ4v) is 4.46. The second-order valence-electron chi connectivity index (χ2n) is 7.46. The normalized spacial score (nSPS) is 11.2. The summed E-state index contributed by atoms with van der Waals surface area (Å²) in [5.41, 5.74) is 4.08. The number of hydrogen-bond donors (Lipinski definition) is 0. The van der Waals surface area contributed by atoms with E-state index in [1.54, 1.807) is 18.0 Å². The molecule has 0 amide bonds. The van der Waals surface area contributed by atoms with Crippen LogP contribution in [0.25, 0.3) is 22.8 Å². The van der Waals surface area contributed by atoms with Crippen molar-refractivity contribution >= 4 is 11.8 Å². The predicted molar refractivity (Wildman–Crippen MR) is 124 cm³/mol. The van der Waals surface area contributed by atoms with Crippen LogP contribution >= 0.6 is 11.8 Å². The van der Waals surface area contributed by atoms with E-state index in [1.807, 2.05) is 61.5 Å². The third-order valence-electron chi connectivity index (χ3n) is 5.25. The zero-order valence-electron chi connectivity index (χ0n) is 17.9. The highest BCUT2D eigenvalue weighted by Gasteiger charge is 2.19. The molecule has 0 radical (unpaired) electrons. The van der Waals surface area contributed by atoms with Gasteiger partial charge in [0.1, 0.15) is 11.5 Å². The highest BCUT2D eigenvalue weighted by atomic mass is 32.2. The van der Waals surface area contributed by atoms with Crippen molar-refractivity contribution in [1.29, 1.82) is 0 Å². The number of thioether (sulfide) groups is 1. The van der Waals surface area contributed by atoms with Crippen LogP contribution in [0.3, 0.4) is 0 Å². The van der Waals surface area contributed by atoms with Crippen LogP contribution in [0.2, 0.25) is 0 Å². The SMILES string of the molecule is Cc1ccccc1-c1nnc(SCc2nc(-c3ccccc3)oc2C)n1Cc1ccco1. The summed E-state index contributed by atoms with van der Waals surface area (Å²) in [7, 11) is 0. The molecule has 0 aliphatic heterocycles. The molecule has 7 heteroatoms. The first-order chi connectivity index (χ1) is 15.7. The number of nitrogens with zero attached hydrogens (tertiary/aromatic N) is 4. The Labute approximate surface area is 190 Å². The Hall–Kier alpha value is -3.58. The molecule has 2 aromatic carbocycles. The van der Waals surface area contributed by atoms with E-state index in [0.29, 0.717) is 18.2 Å². The predicted octanol–water partition coefficient (Wildman–Crippen LogP) is 6.15. The van der Waals surface area contributed by atoms with Crippen molar-refractivity contribution in [1.82, 2.24) is 19.7 Å². The van der Waals surface area contributed by atoms with E-state index in [4.69, 9.17) is 13.8 Å². The number of benzene rings is 2. The fourth-order valence-electron chi connectivity index (χ4n) is 3.52. The number of hydrogen-bond acceptors (Lipinski definition) is 6. The summed E-state index contributed by atoms with van der Waals surface area (Å²) in [6.45, 7) is 4.58. The van der Waals surface area contributed by atoms with Crippen LogP contribution in [0, 0.1) is 13.8 Å². The van der Waals surface area contributed by atoms with Crippen molar-refractivity contribution in [2.75, 3.05) is 0 Å². The minimum absolute atomic E-state index is 0.555. The summed E-state index contributed by atoms with van der Waals surface area (Å²) in [6.07, 6.45) is 1.68. The lowest BCUT2D eigenvalue weighted by Crippen LogP contribution is -2.04. The monoisotopic (exact) mass is 442 g/mol. The lowest BCUT2D eigenvalue weighted by atomic mass is 10.1. The molecule has 0 atom stereocenters. The highest BCUT2D eigenvalue weighted by Crippen LogP contribution is 2.30. The molecule has 0 aliphatic rings. The maximum Gasteiger partial charge on any atom is 0.226 e. The van der Waals surface area contributed by atoms with Crippen molar-refractivity contribution in [3.63, 3.8) is 0 Å². The van der Waals surface area contributed by atoms with E-state index in [9.17, 15) is 0 Å². The Balaban J connectivity index is 1.44. The van der Waals surface area contributed by atoms with Crippen LogP contribution in [0.15, 0.2) is 87.0 Å². The Morgan fingerprint density at radius 1 is 0.906 bits per heavy atom. The summed E-state index contributed by atoms with van der Waals surface area (Å²) in [5, 5.41) is 9.83. The summed E-state index contributed by atoms with van der Waals surface area (Å²) in [6, 6.07) is 22.0. The van der Waals surface area contributed by atoms with Crippen LogP contribution < -0.4 is 0 Å². The first-order valence-electron chi connectivity index (χ1n) is 10.3. The third kappa shape index (κ3) is 4.11. The molecule has 160 valence electrons. The van der Waals surface area contributed by atoms with Gasteiger partial charge in [-0.1, -0.05) is 54.2 Å². The van der Waals surface area contributed by atoms with Crippen molar-refractivity contribution < 1.29 is 8.83 Å². The maximum absolute atomic E-state index is 5.91. The van der Waals surface area contributed by atoms with Crippen molar-refractivity contribution in [3.05, 3.63) is 95.8 Å². The van der Waals surface area contributed by atoms with Gasteiger partial charge in [0, 0.05) is 16.9 Å². The first kappa shape index (κ1) is 20.3. The Morgan fingerprint density at radius 3 is 2.50 bits per heavy atom. The first-order valence-corrected chi connectivity index (χ1v) is 11.3. The number of oxazole rings is 1. The second kappa shape index (κ2) is 8.88. The van der Waals surface area contributed by atoms with E-state index in [0.717, 1.165) is 44.9 Å². The van der Waals surface area contributed by atoms with Crippen LogP contribution in [0.1, 0.15) is 22.8 Å². The van der Waals surface area contributed by atoms with Gasteiger partial charge in [-0.2, -0.15) is 0 Å². The number of aromatic nitrogens is 4. The average molecular weight is 443 g/mol. The van der Waals surface area contributed by atoms with Crippen LogP contribution in [-0.4, -0.2) is 19.7 Å². The van der Waals surface area contributed by atoms with E-state index in [-0.39, 0.29) is 0 Å². The van der Waals surface area contributed by atoms with E-state index in [2.05, 4.69) is 33.8 Å². The van der Waals surface area contributed by atoms with E-state index < -0.39 is 0 Å². The van der Waals surface area contributed by atoms with Crippen LogP contribution in [0.5, 0.6) is 0 Å². The van der Waals surface area contributed by atoms with E-state index >= 15 is 0 Å². The molecule has 0 saturated carbocycles. The van der Waals surface area contributed by atoms with Gasteiger partial charge in [0.15, 0.2) is 11.0 Å². The molecule has 5 aromatic rings. The topological polar surface area (TPSA) is 69.9 Å². The molecule has 0 fully saturated rings. The van der Waals surface area contributed by atoms with Gasteiger partial charge in [-0.05, 0) is 43.7 Å². The summed E-state index contributed by atoms with van der Waals surface area (Å²) < 4.78 is 13.6. The Bertz CT molecular complexity index is 1320. The van der Waals surface area contributed by atoms with Gasteiger partial charge in [-0.25, -0.2) is 4.98 Å². The molecular weight excluding hydrogens is 420 g/mol. The fraction of sp³-hybridized carbons (Fsp3) is 0.160. The zero-order valence-corrected chi connectivity index (χ0v) is 18.7. The van der Waals surface area contributed by atoms with Crippen LogP contribution in [0.4, 0.5) is 0 Å². The lowest BCUT2D eigenvalue weighted by Gasteiger charge is -2.10. The minimum Gasteiger partial charge on any atom is -0.467 e. The summed E-state index contributed by atoms with van der Waals surface area (Å²) >= 11 is 1.59. The Kier molecular flexibility index (Phi) is 5.64. The van der Waals surface area contributed by atoms with Gasteiger partial charge in [0.2, 0.25) is 5.89 Å². The zero-order chi connectivity index (χ0) is 21.9. The maximum atomic E-state index is 5.91. The smallest absolute Gasteiger partial charge is 0.226 e. The third-order valence-corrected chi connectivity index (χ3v) is 6.23. The van der Waals surface area contributed by atoms with Crippen LogP contribution in [-0.2, 0) is 12.3 Å². The Morgan fingerprint density at radius 2 is 1.72 bits per heavy atom. The molecule has 3 heterocycles. The van der Waals surface area contributed by atoms with Gasteiger partial charge >= 0.3 is 0 Å². The van der Waals surface area contributed by atoms with Crippen molar-refractivity contribution in [2.45, 2.75) is 31.3 Å². The van der Waals surface area contributed by atoms with E-state index in [1.165, 1.54) is 0 Å². The van der Waals surface area contributed by atoms with Gasteiger partial charge in [0.05, 0.1) is 18.5 Å². The average Bonchev–Trinajstić information content (AvgIpc) is 3.55. The standard InChI is InChI=1S/C25H22N4O2S/c1-17-9-6-7-13-21(17)23-27-28-25(29(23)15-20-12-8-14-30-20)32-16-22-18(2)31-24(26-22)19-10-4-3-5-11-19/h3-14H,15-16H2,1-2H3. The molecule has 0 bridgehead atoms. The summed E-state index contributed by atoms with van der Waals surface area (Å²) in [4.78, 5) is 4.72.